The van der Waals surface area contributed by atoms with Crippen LogP contribution in [0, 0.1) is 0 Å². The smallest absolute Gasteiger partial charge is 0.303 e. The second-order valence-electron chi connectivity index (χ2n) is 14.9. The van der Waals surface area contributed by atoms with Gasteiger partial charge in [-0.2, -0.15) is 0 Å². The Bertz CT molecular complexity index is 2080. The van der Waals surface area contributed by atoms with Crippen LogP contribution in [0.25, 0.3) is 0 Å². The molecule has 6 amide bonds. The molecule has 6 rings (SSSR count). The Kier molecular flexibility index (Phi) is 13.8. The zero-order valence-electron chi connectivity index (χ0n) is 33.8. The minimum atomic E-state index is -1.44. The normalized spacial score (nSPS) is 23.7. The molecule has 3 aromatic carbocycles. The van der Waals surface area contributed by atoms with E-state index in [2.05, 4.69) is 16.0 Å². The maximum Gasteiger partial charge on any atom is 0.303 e. The van der Waals surface area contributed by atoms with Crippen molar-refractivity contribution in [3.63, 3.8) is 0 Å². The quantitative estimate of drug-likeness (QED) is 0.239. The van der Waals surface area contributed by atoms with Crippen molar-refractivity contribution in [2.75, 3.05) is 28.3 Å². The number of carbonyl (C=O) groups is 7. The fourth-order valence-electron chi connectivity index (χ4n) is 7.04. The van der Waals surface area contributed by atoms with Crippen molar-refractivity contribution >= 4 is 41.4 Å². The van der Waals surface area contributed by atoms with Gasteiger partial charge in [-0.05, 0) is 73.4 Å². The van der Waals surface area contributed by atoms with Crippen LogP contribution in [-0.4, -0.2) is 131 Å². The van der Waals surface area contributed by atoms with E-state index >= 15 is 0 Å². The number of hydrogen-bond acceptors (Lipinski definition) is 10. The summed E-state index contributed by atoms with van der Waals surface area (Å²) in [5.41, 5.74) is 1.73. The van der Waals surface area contributed by atoms with Gasteiger partial charge in [0, 0.05) is 46.8 Å². The number of phenolic OH excluding ortho intramolecular Hbond substituents is 1. The molecule has 0 aromatic heterocycles. The van der Waals surface area contributed by atoms with Crippen molar-refractivity contribution in [2.24, 2.45) is 0 Å². The van der Waals surface area contributed by atoms with Crippen LogP contribution in [0.4, 0.5) is 0 Å². The molecular formula is C42H50N6O11. The molecule has 0 radical (unpaired) electrons. The number of nitrogens with one attached hydrogen (secondary N) is 3. The van der Waals surface area contributed by atoms with Crippen LogP contribution >= 0.6 is 0 Å². The molecule has 1 fully saturated rings. The van der Waals surface area contributed by atoms with Gasteiger partial charge in [-0.1, -0.05) is 30.3 Å². The molecule has 0 saturated carbocycles. The summed E-state index contributed by atoms with van der Waals surface area (Å²) in [5.74, 6) is -4.74. The lowest BCUT2D eigenvalue weighted by atomic mass is 9.98. The molecule has 314 valence electrons. The van der Waals surface area contributed by atoms with Gasteiger partial charge in [-0.15, -0.1) is 0 Å². The Hall–Kier alpha value is -6.65. The molecule has 59 heavy (non-hydrogen) atoms. The van der Waals surface area contributed by atoms with Crippen molar-refractivity contribution in [1.82, 2.24) is 30.7 Å². The molecule has 6 atom stereocenters. The number of phenols is 1. The van der Waals surface area contributed by atoms with E-state index in [9.17, 15) is 43.8 Å². The van der Waals surface area contributed by atoms with Crippen LogP contribution in [0.5, 0.6) is 23.0 Å². The van der Waals surface area contributed by atoms with Crippen molar-refractivity contribution in [3.05, 3.63) is 83.4 Å². The topological polar surface area (TPSA) is 224 Å². The number of likely N-dealkylation sites (N-methyl/N-ethyl adjacent to an activating group) is 3. The molecule has 0 spiro atoms. The van der Waals surface area contributed by atoms with E-state index in [1.54, 1.807) is 54.6 Å². The van der Waals surface area contributed by atoms with E-state index in [1.807, 2.05) is 0 Å². The van der Waals surface area contributed by atoms with Crippen LogP contribution in [0.3, 0.4) is 0 Å². The number of carboxylic acids is 1. The van der Waals surface area contributed by atoms with E-state index in [0.29, 0.717) is 28.2 Å². The summed E-state index contributed by atoms with van der Waals surface area (Å²) in [6, 6.07) is 10.2. The number of benzene rings is 3. The van der Waals surface area contributed by atoms with Crippen molar-refractivity contribution in [1.29, 1.82) is 0 Å². The van der Waals surface area contributed by atoms with Gasteiger partial charge in [-0.3, -0.25) is 33.6 Å². The van der Waals surface area contributed by atoms with Crippen LogP contribution in [0.15, 0.2) is 66.7 Å². The van der Waals surface area contributed by atoms with E-state index < -0.39 is 84.1 Å². The first-order chi connectivity index (χ1) is 28.0. The Morgan fingerprint density at radius 3 is 1.98 bits per heavy atom. The first kappa shape index (κ1) is 43.5. The average molecular weight is 815 g/mol. The third-order valence-corrected chi connectivity index (χ3v) is 10.7. The highest BCUT2D eigenvalue weighted by Gasteiger charge is 2.40. The van der Waals surface area contributed by atoms with Crippen LogP contribution in [0.1, 0.15) is 43.4 Å². The Morgan fingerprint density at radius 1 is 0.729 bits per heavy atom. The minimum Gasteiger partial charge on any atom is -0.504 e. The lowest BCUT2D eigenvalue weighted by molar-refractivity contribution is -0.149. The number of amides is 6. The molecule has 5 N–H and O–H groups in total. The minimum absolute atomic E-state index is 0.00881. The predicted octanol–water partition coefficient (Wildman–Crippen LogP) is 1.39. The average Bonchev–Trinajstić information content (AvgIpc) is 3.21. The van der Waals surface area contributed by atoms with Gasteiger partial charge >= 0.3 is 5.97 Å². The first-order valence-electron chi connectivity index (χ1n) is 19.1. The lowest BCUT2D eigenvalue weighted by Gasteiger charge is -2.37. The maximum absolute atomic E-state index is 14.7. The molecule has 6 bridgehead atoms. The van der Waals surface area contributed by atoms with E-state index in [4.69, 9.17) is 9.47 Å². The summed E-state index contributed by atoms with van der Waals surface area (Å²) in [6.07, 6.45) is -1.04. The summed E-state index contributed by atoms with van der Waals surface area (Å²) in [7, 11) is 5.66. The largest absolute Gasteiger partial charge is 0.504 e. The summed E-state index contributed by atoms with van der Waals surface area (Å²) in [6.45, 7) is 2.81. The highest BCUT2D eigenvalue weighted by atomic mass is 16.5. The number of hydrogen-bond donors (Lipinski definition) is 5. The monoisotopic (exact) mass is 814 g/mol. The van der Waals surface area contributed by atoms with Gasteiger partial charge < -0.3 is 50.3 Å². The summed E-state index contributed by atoms with van der Waals surface area (Å²) in [5, 5.41) is 28.0. The zero-order chi connectivity index (χ0) is 43.1. The number of methoxy groups -OCH3 is 1. The molecule has 17 heteroatoms. The molecule has 3 aliphatic heterocycles. The van der Waals surface area contributed by atoms with Gasteiger partial charge in [-0.25, -0.2) is 0 Å². The van der Waals surface area contributed by atoms with E-state index in [-0.39, 0.29) is 37.2 Å². The summed E-state index contributed by atoms with van der Waals surface area (Å²) < 4.78 is 11.2. The maximum atomic E-state index is 14.7. The highest BCUT2D eigenvalue weighted by Crippen LogP contribution is 2.33. The van der Waals surface area contributed by atoms with Crippen molar-refractivity contribution in [3.8, 4) is 23.0 Å². The number of carboxylic acid groups (broad SMARTS) is 1. The fourth-order valence-corrected chi connectivity index (χ4v) is 7.04. The SMILES string of the molecule is COc1ccc(CC2C(=O)NC(C)C(=O)N(C)C3Cc4ccc(cc4)Oc4cc(ccc4O)CC(C(=O)NC(C)C(=O)NC(CCC(=O)O)C(=O)N2C)N(C)C3=O)cc1. The number of aliphatic carboxylic acids is 1. The predicted molar refractivity (Wildman–Crippen MR) is 212 cm³/mol. The molecule has 3 heterocycles. The molecule has 17 nitrogen and oxygen atoms in total. The Labute approximate surface area is 341 Å². The standard InChI is InChI=1S/C42H50N6O11/c1-23-37(52)45-30(16-18-36(50)51)41(56)46(3)31(19-25-7-12-28(58-6)13-8-25)39(54)44-24(2)40(55)48(5)33-20-26-9-14-29(15-10-26)59-35-22-27(11-17-34(35)49)21-32(38(53)43-23)47(4)42(33)57/h7-15,17,22-24,30-33,49H,16,18-21H2,1-6H3,(H,43,53)(H,44,54)(H,45,52)(H,50,51). The van der Waals surface area contributed by atoms with Crippen LogP contribution in [-0.2, 0) is 52.8 Å². The highest BCUT2D eigenvalue weighted by molar-refractivity contribution is 5.98. The number of ether oxygens (including phenoxy) is 2. The number of carbonyl (C=O) groups excluding carboxylic acids is 6. The van der Waals surface area contributed by atoms with Gasteiger partial charge in [0.1, 0.15) is 47.8 Å². The zero-order valence-corrected chi connectivity index (χ0v) is 33.8. The third kappa shape index (κ3) is 10.5. The molecule has 3 aliphatic rings. The van der Waals surface area contributed by atoms with Gasteiger partial charge in [0.25, 0.3) is 0 Å². The lowest BCUT2D eigenvalue weighted by Crippen LogP contribution is -2.62. The van der Waals surface area contributed by atoms with Gasteiger partial charge in [0.2, 0.25) is 35.4 Å². The van der Waals surface area contributed by atoms with Crippen LogP contribution < -0.4 is 25.4 Å². The van der Waals surface area contributed by atoms with Crippen LogP contribution in [0.2, 0.25) is 0 Å². The van der Waals surface area contributed by atoms with Crippen molar-refractivity contribution < 1.29 is 53.2 Å². The van der Waals surface area contributed by atoms with Gasteiger partial charge in [0.05, 0.1) is 7.11 Å². The fraction of sp³-hybridized carbons (Fsp3) is 0.405. The Morgan fingerprint density at radius 2 is 1.34 bits per heavy atom. The summed E-state index contributed by atoms with van der Waals surface area (Å²) >= 11 is 0. The first-order valence-corrected chi connectivity index (χ1v) is 19.1. The molecule has 0 aliphatic carbocycles. The van der Waals surface area contributed by atoms with E-state index in [1.165, 1.54) is 64.0 Å². The van der Waals surface area contributed by atoms with Gasteiger partial charge in [0.15, 0.2) is 11.5 Å². The summed E-state index contributed by atoms with van der Waals surface area (Å²) in [4.78, 5) is 100. The second-order valence-corrected chi connectivity index (χ2v) is 14.9. The molecule has 1 saturated heterocycles. The second kappa shape index (κ2) is 18.7. The van der Waals surface area contributed by atoms with E-state index in [0.717, 1.165) is 4.90 Å². The number of aromatic hydroxyl groups is 1. The number of nitrogens with zero attached hydrogens (tertiary/aromatic N) is 3. The molecular weight excluding hydrogens is 764 g/mol. The number of fused-ring (bicyclic) bond motifs is 2. The molecule has 3 aromatic rings. The van der Waals surface area contributed by atoms with Crippen molar-refractivity contribution in [2.45, 2.75) is 82.2 Å². The third-order valence-electron chi connectivity index (χ3n) is 10.7. The Balaban J connectivity index is 1.60. The number of rotatable bonds is 6. The molecule has 6 unspecified atom stereocenters.